The van der Waals surface area contributed by atoms with Gasteiger partial charge in [-0.05, 0) is 17.7 Å². The highest BCUT2D eigenvalue weighted by molar-refractivity contribution is 8.00. The van der Waals surface area contributed by atoms with Crippen molar-refractivity contribution in [2.45, 2.75) is 10.1 Å². The number of aromatic nitrogens is 3. The van der Waals surface area contributed by atoms with Crippen LogP contribution >= 0.6 is 23.1 Å². The minimum Gasteiger partial charge on any atom is -0.461 e. The number of hydrogen-bond donors (Lipinski definition) is 1. The minimum atomic E-state index is -0.488. The summed E-state index contributed by atoms with van der Waals surface area (Å²) in [6.07, 6.45) is 1.49. The summed E-state index contributed by atoms with van der Waals surface area (Å²) in [5.74, 6) is 0.802. The first-order valence-electron chi connectivity index (χ1n) is 8.10. The molecule has 0 unspecified atom stereocenters. The molecule has 146 valence electrons. The Morgan fingerprint density at radius 2 is 2.10 bits per heavy atom. The van der Waals surface area contributed by atoms with Crippen molar-refractivity contribution in [2.24, 2.45) is 0 Å². The van der Waals surface area contributed by atoms with Crippen LogP contribution in [0.15, 0.2) is 62.0 Å². The molecular formula is C17H11N5O5S2. The van der Waals surface area contributed by atoms with E-state index in [1.54, 1.807) is 24.3 Å². The van der Waals surface area contributed by atoms with Crippen molar-refractivity contribution in [2.75, 3.05) is 5.32 Å². The number of nitro groups is 1. The van der Waals surface area contributed by atoms with Gasteiger partial charge in [0.05, 0.1) is 11.2 Å². The molecule has 1 N–H and O–H groups in total. The third-order valence-corrected chi connectivity index (χ3v) is 5.66. The van der Waals surface area contributed by atoms with Gasteiger partial charge in [-0.3, -0.25) is 20.2 Å². The number of carbonyl (C=O) groups excluding carboxylic acids is 1. The fraction of sp³-hybridized carbons (Fsp3) is 0.0588. The number of amides is 1. The summed E-state index contributed by atoms with van der Waals surface area (Å²) in [6.45, 7) is 0. The molecule has 0 fully saturated rings. The molecular weight excluding hydrogens is 418 g/mol. The van der Waals surface area contributed by atoms with Gasteiger partial charge in [-0.25, -0.2) is 0 Å². The zero-order valence-corrected chi connectivity index (χ0v) is 16.1. The lowest BCUT2D eigenvalue weighted by Crippen LogP contribution is -2.11. The quantitative estimate of drug-likeness (QED) is 0.198. The van der Waals surface area contributed by atoms with Crippen LogP contribution < -0.4 is 5.32 Å². The first-order chi connectivity index (χ1) is 14.1. The fourth-order valence-corrected chi connectivity index (χ4v) is 3.99. The van der Waals surface area contributed by atoms with Crippen LogP contribution in [0.5, 0.6) is 0 Å². The monoisotopic (exact) mass is 429 g/mol. The number of nitrogens with one attached hydrogen (secondary N) is 1. The molecule has 1 aromatic carbocycles. The van der Waals surface area contributed by atoms with Crippen molar-refractivity contribution in [3.63, 3.8) is 0 Å². The van der Waals surface area contributed by atoms with Crippen LogP contribution in [0, 0.1) is 10.1 Å². The summed E-state index contributed by atoms with van der Waals surface area (Å²) in [6, 6.07) is 11.2. The summed E-state index contributed by atoms with van der Waals surface area (Å²) >= 11 is 2.55. The molecule has 29 heavy (non-hydrogen) atoms. The Kier molecular flexibility index (Phi) is 5.35. The van der Waals surface area contributed by atoms with Gasteiger partial charge in [-0.2, -0.15) is 0 Å². The average Bonchev–Trinajstić information content (AvgIpc) is 3.47. The van der Waals surface area contributed by atoms with Gasteiger partial charge in [-0.15, -0.1) is 10.2 Å². The molecule has 0 atom stereocenters. The number of nitrogens with zero attached hydrogens (tertiary/aromatic N) is 4. The van der Waals surface area contributed by atoms with Gasteiger partial charge in [0.25, 0.3) is 11.6 Å². The highest BCUT2D eigenvalue weighted by Crippen LogP contribution is 2.29. The van der Waals surface area contributed by atoms with E-state index < -0.39 is 10.8 Å². The van der Waals surface area contributed by atoms with Crippen molar-refractivity contribution >= 4 is 39.8 Å². The van der Waals surface area contributed by atoms with Crippen LogP contribution in [-0.4, -0.2) is 26.2 Å². The third-order valence-electron chi connectivity index (χ3n) is 3.62. The lowest BCUT2D eigenvalue weighted by atomic mass is 10.2. The van der Waals surface area contributed by atoms with Crippen LogP contribution in [0.4, 0.5) is 10.8 Å². The molecule has 3 heterocycles. The molecule has 0 aliphatic heterocycles. The molecule has 3 aromatic heterocycles. The fourth-order valence-electron chi connectivity index (χ4n) is 2.30. The standard InChI is InChI=1S/C17H11N5O5S2/c23-15(12-8-14(27-21-12)13-5-2-6-26-13)18-16-19-20-17(29-16)28-9-10-3-1-4-11(7-10)22(24)25/h1-8H,9H2,(H,18,19,23). The Morgan fingerprint density at radius 3 is 2.90 bits per heavy atom. The number of nitro benzene ring substituents is 1. The second-order valence-electron chi connectivity index (χ2n) is 5.60. The van der Waals surface area contributed by atoms with Crippen molar-refractivity contribution in [1.82, 2.24) is 15.4 Å². The molecule has 0 bridgehead atoms. The molecule has 12 heteroatoms. The number of non-ortho nitro benzene ring substituents is 1. The van der Waals surface area contributed by atoms with Crippen LogP contribution in [0.2, 0.25) is 0 Å². The maximum absolute atomic E-state index is 12.3. The van der Waals surface area contributed by atoms with E-state index in [9.17, 15) is 14.9 Å². The second kappa shape index (κ2) is 8.24. The first kappa shape index (κ1) is 18.8. The van der Waals surface area contributed by atoms with Gasteiger partial charge in [0.1, 0.15) is 0 Å². The highest BCUT2D eigenvalue weighted by Gasteiger charge is 2.17. The number of thioether (sulfide) groups is 1. The largest absolute Gasteiger partial charge is 0.461 e. The summed E-state index contributed by atoms with van der Waals surface area (Å²) in [4.78, 5) is 22.7. The van der Waals surface area contributed by atoms with Gasteiger partial charge in [-0.1, -0.05) is 40.4 Å². The van der Waals surface area contributed by atoms with E-state index in [2.05, 4.69) is 20.7 Å². The predicted molar refractivity (Wildman–Crippen MR) is 105 cm³/mol. The zero-order valence-electron chi connectivity index (χ0n) is 14.5. The van der Waals surface area contributed by atoms with Crippen molar-refractivity contribution in [3.05, 3.63) is 70.1 Å². The Morgan fingerprint density at radius 1 is 1.21 bits per heavy atom. The number of hydrogen-bond acceptors (Lipinski definition) is 10. The predicted octanol–water partition coefficient (Wildman–Crippen LogP) is 4.24. The summed E-state index contributed by atoms with van der Waals surface area (Å²) in [5, 5.41) is 25.4. The van der Waals surface area contributed by atoms with Gasteiger partial charge >= 0.3 is 0 Å². The van der Waals surface area contributed by atoms with Crippen LogP contribution in [0.1, 0.15) is 16.1 Å². The first-order valence-corrected chi connectivity index (χ1v) is 9.90. The van der Waals surface area contributed by atoms with Crippen LogP contribution in [0.3, 0.4) is 0 Å². The maximum Gasteiger partial charge on any atom is 0.279 e. The number of anilines is 1. The Labute approximate surface area is 171 Å². The molecule has 0 aliphatic carbocycles. The molecule has 4 rings (SSSR count). The van der Waals surface area contributed by atoms with Crippen LogP contribution in [-0.2, 0) is 5.75 Å². The number of rotatable bonds is 7. The SMILES string of the molecule is O=C(Nc1nnc(SCc2cccc([N+](=O)[O-])c2)s1)c1cc(-c2ccco2)on1. The lowest BCUT2D eigenvalue weighted by molar-refractivity contribution is -0.384. The topological polar surface area (TPSA) is 137 Å². The van der Waals surface area contributed by atoms with E-state index in [0.29, 0.717) is 26.7 Å². The van der Waals surface area contributed by atoms with E-state index in [0.717, 1.165) is 5.56 Å². The van der Waals surface area contributed by atoms with Crippen molar-refractivity contribution < 1.29 is 18.7 Å². The molecule has 0 saturated carbocycles. The summed E-state index contributed by atoms with van der Waals surface area (Å²) in [5.41, 5.74) is 0.908. The number of carbonyl (C=O) groups is 1. The summed E-state index contributed by atoms with van der Waals surface area (Å²) in [7, 11) is 0. The van der Waals surface area contributed by atoms with Gasteiger partial charge in [0.15, 0.2) is 15.8 Å². The normalized spacial score (nSPS) is 10.8. The average molecular weight is 429 g/mol. The van der Waals surface area contributed by atoms with Crippen molar-refractivity contribution in [1.29, 1.82) is 0 Å². The molecule has 4 aromatic rings. The second-order valence-corrected chi connectivity index (χ2v) is 7.80. The Bertz CT molecular complexity index is 1150. The van der Waals surface area contributed by atoms with Gasteiger partial charge in [0.2, 0.25) is 10.9 Å². The molecule has 0 spiro atoms. The highest BCUT2D eigenvalue weighted by atomic mass is 32.2. The zero-order chi connectivity index (χ0) is 20.2. The molecule has 10 nitrogen and oxygen atoms in total. The van der Waals surface area contributed by atoms with E-state index in [1.165, 1.54) is 47.6 Å². The molecule has 0 radical (unpaired) electrons. The number of furan rings is 1. The smallest absolute Gasteiger partial charge is 0.279 e. The maximum atomic E-state index is 12.3. The van der Waals surface area contributed by atoms with Gasteiger partial charge < -0.3 is 8.94 Å². The van der Waals surface area contributed by atoms with E-state index in [4.69, 9.17) is 8.94 Å². The Hall–Kier alpha value is -3.51. The summed E-state index contributed by atoms with van der Waals surface area (Å²) < 4.78 is 10.9. The van der Waals surface area contributed by atoms with Crippen LogP contribution in [0.25, 0.3) is 11.5 Å². The van der Waals surface area contributed by atoms with Crippen molar-refractivity contribution in [3.8, 4) is 11.5 Å². The molecule has 0 saturated heterocycles. The molecule has 1 amide bonds. The van der Waals surface area contributed by atoms with E-state index in [1.807, 2.05) is 0 Å². The third kappa shape index (κ3) is 4.50. The molecule has 0 aliphatic rings. The number of benzene rings is 1. The Balaban J connectivity index is 1.36. The lowest BCUT2D eigenvalue weighted by Gasteiger charge is -1.98. The minimum absolute atomic E-state index is 0.0369. The van der Waals surface area contributed by atoms with Gasteiger partial charge in [0, 0.05) is 24.0 Å². The van der Waals surface area contributed by atoms with E-state index in [-0.39, 0.29) is 11.4 Å². The van der Waals surface area contributed by atoms with E-state index >= 15 is 0 Å².